The zero-order valence-electron chi connectivity index (χ0n) is 12.1. The summed E-state index contributed by atoms with van der Waals surface area (Å²) >= 11 is 5.92. The predicted octanol–water partition coefficient (Wildman–Crippen LogP) is 3.08. The molecule has 6 heteroatoms. The van der Waals surface area contributed by atoms with Crippen LogP contribution in [0, 0.1) is 0 Å². The topological polar surface area (TPSA) is 81.1 Å². The first-order valence-corrected chi connectivity index (χ1v) is 7.19. The van der Waals surface area contributed by atoms with Crippen LogP contribution in [0.5, 0.6) is 0 Å². The van der Waals surface area contributed by atoms with Gasteiger partial charge in [-0.05, 0) is 42.0 Å². The van der Waals surface area contributed by atoms with Crippen molar-refractivity contribution in [3.05, 3.63) is 53.1 Å². The third-order valence-electron chi connectivity index (χ3n) is 3.49. The maximum atomic E-state index is 5.93. The minimum atomic E-state index is 0.191. The second-order valence-corrected chi connectivity index (χ2v) is 5.59. The predicted molar refractivity (Wildman–Crippen MR) is 91.9 cm³/mol. The first-order valence-electron chi connectivity index (χ1n) is 6.81. The van der Waals surface area contributed by atoms with Gasteiger partial charge in [-0.3, -0.25) is 0 Å². The van der Waals surface area contributed by atoms with E-state index in [4.69, 9.17) is 23.1 Å². The summed E-state index contributed by atoms with van der Waals surface area (Å²) in [5.41, 5.74) is 14.5. The van der Waals surface area contributed by atoms with E-state index in [1.54, 1.807) is 0 Å². The molecule has 4 N–H and O–H groups in total. The first-order chi connectivity index (χ1) is 10.5. The van der Waals surface area contributed by atoms with Crippen molar-refractivity contribution < 1.29 is 0 Å². The second kappa shape index (κ2) is 5.69. The zero-order chi connectivity index (χ0) is 15.7. The fourth-order valence-corrected chi connectivity index (χ4v) is 2.50. The maximum Gasteiger partial charge on any atom is 0.222 e. The average molecular weight is 314 g/mol. The van der Waals surface area contributed by atoms with E-state index in [-0.39, 0.29) is 5.95 Å². The molecule has 22 heavy (non-hydrogen) atoms. The number of fused-ring (bicyclic) bond motifs is 1. The van der Waals surface area contributed by atoms with Gasteiger partial charge in [-0.15, -0.1) is 0 Å². The molecule has 0 bridgehead atoms. The number of aromatic nitrogens is 2. The summed E-state index contributed by atoms with van der Waals surface area (Å²) in [7, 11) is 2.02. The van der Waals surface area contributed by atoms with Crippen LogP contribution >= 0.6 is 11.6 Å². The van der Waals surface area contributed by atoms with Crippen molar-refractivity contribution in [1.29, 1.82) is 0 Å². The van der Waals surface area contributed by atoms with E-state index in [0.717, 1.165) is 33.7 Å². The van der Waals surface area contributed by atoms with Gasteiger partial charge < -0.3 is 16.4 Å². The molecule has 3 aromatic rings. The largest absolute Gasteiger partial charge is 0.383 e. The van der Waals surface area contributed by atoms with Crippen LogP contribution in [0.4, 0.5) is 17.5 Å². The third-order valence-corrected chi connectivity index (χ3v) is 3.75. The van der Waals surface area contributed by atoms with Crippen LogP contribution in [0.1, 0.15) is 5.56 Å². The van der Waals surface area contributed by atoms with E-state index in [1.165, 1.54) is 0 Å². The lowest BCUT2D eigenvalue weighted by molar-refractivity contribution is 0.924. The van der Waals surface area contributed by atoms with Crippen molar-refractivity contribution in [2.45, 2.75) is 6.54 Å². The van der Waals surface area contributed by atoms with Crippen LogP contribution < -0.4 is 16.4 Å². The number of halogens is 1. The molecule has 0 aliphatic heterocycles. The normalized spacial score (nSPS) is 10.8. The summed E-state index contributed by atoms with van der Waals surface area (Å²) in [5, 5.41) is 1.54. The van der Waals surface area contributed by atoms with E-state index < -0.39 is 0 Å². The van der Waals surface area contributed by atoms with Gasteiger partial charge in [0.1, 0.15) is 5.82 Å². The van der Waals surface area contributed by atoms with Crippen LogP contribution in [-0.4, -0.2) is 17.0 Å². The Hall–Kier alpha value is -2.53. The lowest BCUT2D eigenvalue weighted by Gasteiger charge is -2.19. The number of hydrogen-bond acceptors (Lipinski definition) is 5. The van der Waals surface area contributed by atoms with Gasteiger partial charge in [0.05, 0.1) is 5.52 Å². The van der Waals surface area contributed by atoms with E-state index in [9.17, 15) is 0 Å². The molecule has 1 aromatic heterocycles. The van der Waals surface area contributed by atoms with Crippen molar-refractivity contribution in [2.75, 3.05) is 23.4 Å². The highest BCUT2D eigenvalue weighted by atomic mass is 35.5. The van der Waals surface area contributed by atoms with E-state index in [2.05, 4.69) is 14.9 Å². The highest BCUT2D eigenvalue weighted by Gasteiger charge is 2.07. The van der Waals surface area contributed by atoms with E-state index in [1.807, 2.05) is 49.5 Å². The smallest absolute Gasteiger partial charge is 0.222 e. The Bertz CT molecular complexity index is 817. The molecule has 2 aromatic carbocycles. The van der Waals surface area contributed by atoms with Crippen LogP contribution in [0.25, 0.3) is 10.9 Å². The van der Waals surface area contributed by atoms with Crippen molar-refractivity contribution in [3.63, 3.8) is 0 Å². The van der Waals surface area contributed by atoms with Gasteiger partial charge >= 0.3 is 0 Å². The number of nitrogen functional groups attached to an aromatic ring is 2. The Morgan fingerprint density at radius 1 is 1.05 bits per heavy atom. The minimum Gasteiger partial charge on any atom is -0.383 e. The molecular weight excluding hydrogens is 298 g/mol. The van der Waals surface area contributed by atoms with Crippen LogP contribution in [0.3, 0.4) is 0 Å². The highest BCUT2D eigenvalue weighted by Crippen LogP contribution is 2.23. The first kappa shape index (κ1) is 14.4. The fraction of sp³-hybridized carbons (Fsp3) is 0.125. The van der Waals surface area contributed by atoms with Crippen LogP contribution in [0.2, 0.25) is 5.02 Å². The number of hydrogen-bond donors (Lipinski definition) is 2. The molecule has 5 nitrogen and oxygen atoms in total. The number of anilines is 3. The third kappa shape index (κ3) is 2.89. The molecule has 0 atom stereocenters. The Kier molecular flexibility index (Phi) is 3.73. The van der Waals surface area contributed by atoms with Crippen molar-refractivity contribution in [1.82, 2.24) is 9.97 Å². The lowest BCUT2D eigenvalue weighted by Crippen LogP contribution is -2.16. The summed E-state index contributed by atoms with van der Waals surface area (Å²) in [5.74, 6) is 0.592. The van der Waals surface area contributed by atoms with Crippen molar-refractivity contribution in [2.24, 2.45) is 0 Å². The van der Waals surface area contributed by atoms with E-state index in [0.29, 0.717) is 5.82 Å². The summed E-state index contributed by atoms with van der Waals surface area (Å²) in [6, 6.07) is 13.7. The molecule has 0 saturated heterocycles. The van der Waals surface area contributed by atoms with Gasteiger partial charge in [-0.2, -0.15) is 4.98 Å². The second-order valence-electron chi connectivity index (χ2n) is 5.15. The zero-order valence-corrected chi connectivity index (χ0v) is 12.9. The van der Waals surface area contributed by atoms with Crippen LogP contribution in [0.15, 0.2) is 42.5 Å². The van der Waals surface area contributed by atoms with Gasteiger partial charge in [0.25, 0.3) is 0 Å². The molecule has 0 radical (unpaired) electrons. The molecule has 0 aliphatic carbocycles. The van der Waals surface area contributed by atoms with Gasteiger partial charge in [-0.1, -0.05) is 17.7 Å². The SMILES string of the molecule is CN(Cc1ccc2nc(N)nc(N)c2c1)c1ccc(Cl)cc1. The van der Waals surface area contributed by atoms with Crippen molar-refractivity contribution in [3.8, 4) is 0 Å². The van der Waals surface area contributed by atoms with Gasteiger partial charge in [0.15, 0.2) is 0 Å². The number of nitrogens with zero attached hydrogens (tertiary/aromatic N) is 3. The Morgan fingerprint density at radius 2 is 1.77 bits per heavy atom. The molecule has 0 amide bonds. The molecule has 0 saturated carbocycles. The average Bonchev–Trinajstić information content (AvgIpc) is 2.48. The van der Waals surface area contributed by atoms with Crippen molar-refractivity contribution >= 4 is 40.0 Å². The molecule has 0 fully saturated rings. The minimum absolute atomic E-state index is 0.191. The number of nitrogens with two attached hydrogens (primary N) is 2. The molecule has 1 heterocycles. The summed E-state index contributed by atoms with van der Waals surface area (Å²) in [6.45, 7) is 0.737. The standard InChI is InChI=1S/C16H16ClN5/c1-22(12-5-3-11(17)4-6-12)9-10-2-7-14-13(8-10)15(18)21-16(19)20-14/h2-8H,9H2,1H3,(H4,18,19,20,21). The highest BCUT2D eigenvalue weighted by molar-refractivity contribution is 6.30. The number of rotatable bonds is 3. The molecule has 0 aliphatic rings. The summed E-state index contributed by atoms with van der Waals surface area (Å²) in [4.78, 5) is 10.3. The fourth-order valence-electron chi connectivity index (χ4n) is 2.38. The Labute approximate surface area is 133 Å². The Morgan fingerprint density at radius 3 is 2.50 bits per heavy atom. The van der Waals surface area contributed by atoms with Gasteiger partial charge in [-0.25, -0.2) is 4.98 Å². The Balaban J connectivity index is 1.89. The van der Waals surface area contributed by atoms with Gasteiger partial charge in [0.2, 0.25) is 5.95 Å². The van der Waals surface area contributed by atoms with Crippen LogP contribution in [-0.2, 0) is 6.54 Å². The van der Waals surface area contributed by atoms with E-state index >= 15 is 0 Å². The van der Waals surface area contributed by atoms with Gasteiger partial charge in [0, 0.05) is 29.7 Å². The number of benzene rings is 2. The summed E-state index contributed by atoms with van der Waals surface area (Å²) in [6.07, 6.45) is 0. The molecule has 112 valence electrons. The maximum absolute atomic E-state index is 5.93. The quantitative estimate of drug-likeness (QED) is 0.776. The molecular formula is C16H16ClN5. The molecule has 3 rings (SSSR count). The molecule has 0 spiro atoms. The lowest BCUT2D eigenvalue weighted by atomic mass is 10.1. The molecule has 0 unspecified atom stereocenters. The monoisotopic (exact) mass is 313 g/mol. The summed E-state index contributed by atoms with van der Waals surface area (Å²) < 4.78 is 0.